The molecule has 0 bridgehead atoms. The molecule has 1 aliphatic heterocycles. The van der Waals surface area contributed by atoms with Crippen LogP contribution in [-0.2, 0) is 11.3 Å². The minimum atomic E-state index is -0.550. The van der Waals surface area contributed by atoms with Gasteiger partial charge in [0.15, 0.2) is 0 Å². The molecule has 2 heterocycles. The Labute approximate surface area is 174 Å². The van der Waals surface area contributed by atoms with E-state index in [0.717, 1.165) is 31.5 Å². The van der Waals surface area contributed by atoms with Crippen molar-refractivity contribution >= 4 is 11.9 Å². The third-order valence-corrected chi connectivity index (χ3v) is 5.10. The molecule has 1 aromatic carbocycles. The molecule has 0 radical (unpaired) electrons. The fourth-order valence-corrected chi connectivity index (χ4v) is 3.91. The smallest absolute Gasteiger partial charge is 0.416 e. The molecular formula is C24H33N3O2. The summed E-state index contributed by atoms with van der Waals surface area (Å²) in [4.78, 5) is 21.8. The standard InChI is InChI=1S/C24H33N3O2/c1-18(2)27(23(28)29-24(3,4)5)22-20(13-9-15-25-22)21-14-10-16-26(21)17-19-11-7-6-8-12-19/h6-9,11-13,15,18,21H,10,14,16-17H2,1-5H3/t21-/m1/s1. The van der Waals surface area contributed by atoms with E-state index in [0.29, 0.717) is 5.82 Å². The summed E-state index contributed by atoms with van der Waals surface area (Å²) in [5.74, 6) is 0.710. The molecule has 0 aliphatic carbocycles. The van der Waals surface area contributed by atoms with Gasteiger partial charge in [-0.15, -0.1) is 0 Å². The first-order chi connectivity index (χ1) is 13.8. The van der Waals surface area contributed by atoms with Crippen molar-refractivity contribution in [2.75, 3.05) is 11.4 Å². The molecular weight excluding hydrogens is 362 g/mol. The number of likely N-dealkylation sites (tertiary alicyclic amines) is 1. The summed E-state index contributed by atoms with van der Waals surface area (Å²) in [7, 11) is 0. The number of amides is 1. The first kappa shape index (κ1) is 21.3. The van der Waals surface area contributed by atoms with Crippen LogP contribution >= 0.6 is 0 Å². The third kappa shape index (κ3) is 5.36. The number of pyridine rings is 1. The highest BCUT2D eigenvalue weighted by Crippen LogP contribution is 2.38. The lowest BCUT2D eigenvalue weighted by molar-refractivity contribution is 0.0568. The highest BCUT2D eigenvalue weighted by molar-refractivity contribution is 5.88. The van der Waals surface area contributed by atoms with Gasteiger partial charge < -0.3 is 4.74 Å². The minimum absolute atomic E-state index is 0.0533. The maximum Gasteiger partial charge on any atom is 0.416 e. The quantitative estimate of drug-likeness (QED) is 0.664. The molecule has 29 heavy (non-hydrogen) atoms. The van der Waals surface area contributed by atoms with E-state index >= 15 is 0 Å². The molecule has 1 amide bonds. The van der Waals surface area contributed by atoms with E-state index in [1.54, 1.807) is 11.1 Å². The molecule has 0 N–H and O–H groups in total. The number of rotatable bonds is 5. The number of hydrogen-bond acceptors (Lipinski definition) is 4. The van der Waals surface area contributed by atoms with Gasteiger partial charge in [-0.2, -0.15) is 0 Å². The molecule has 1 atom stereocenters. The predicted octanol–water partition coefficient (Wildman–Crippen LogP) is 5.57. The van der Waals surface area contributed by atoms with E-state index in [1.165, 1.54) is 5.56 Å². The van der Waals surface area contributed by atoms with E-state index in [2.05, 4.69) is 40.2 Å². The summed E-state index contributed by atoms with van der Waals surface area (Å²) in [5.41, 5.74) is 1.85. The van der Waals surface area contributed by atoms with Crippen LogP contribution in [0.3, 0.4) is 0 Å². The van der Waals surface area contributed by atoms with E-state index in [9.17, 15) is 4.79 Å². The van der Waals surface area contributed by atoms with Gasteiger partial charge >= 0.3 is 6.09 Å². The van der Waals surface area contributed by atoms with Gasteiger partial charge in [-0.25, -0.2) is 9.78 Å². The van der Waals surface area contributed by atoms with Crippen molar-refractivity contribution in [1.82, 2.24) is 9.88 Å². The molecule has 1 saturated heterocycles. The monoisotopic (exact) mass is 395 g/mol. The Kier molecular flexibility index (Phi) is 6.58. The van der Waals surface area contributed by atoms with Crippen LogP contribution in [0.15, 0.2) is 48.7 Å². The highest BCUT2D eigenvalue weighted by Gasteiger charge is 2.33. The lowest BCUT2D eigenvalue weighted by atomic mass is 10.0. The minimum Gasteiger partial charge on any atom is -0.443 e. The third-order valence-electron chi connectivity index (χ3n) is 5.10. The number of carbonyl (C=O) groups excluding carboxylic acids is 1. The van der Waals surface area contributed by atoms with Gasteiger partial charge in [0.2, 0.25) is 0 Å². The molecule has 156 valence electrons. The lowest BCUT2D eigenvalue weighted by Crippen LogP contribution is -2.42. The lowest BCUT2D eigenvalue weighted by Gasteiger charge is -2.33. The van der Waals surface area contributed by atoms with Gasteiger partial charge in [-0.3, -0.25) is 9.80 Å². The van der Waals surface area contributed by atoms with Gasteiger partial charge in [0, 0.05) is 30.4 Å². The van der Waals surface area contributed by atoms with Crippen LogP contribution in [0.2, 0.25) is 0 Å². The number of hydrogen-bond donors (Lipinski definition) is 0. The van der Waals surface area contributed by atoms with E-state index < -0.39 is 5.60 Å². The molecule has 1 fully saturated rings. The Hall–Kier alpha value is -2.40. The van der Waals surface area contributed by atoms with Crippen LogP contribution < -0.4 is 4.90 Å². The van der Waals surface area contributed by atoms with Crippen molar-refractivity contribution in [2.24, 2.45) is 0 Å². The van der Waals surface area contributed by atoms with Crippen molar-refractivity contribution in [1.29, 1.82) is 0 Å². The number of benzene rings is 1. The van der Waals surface area contributed by atoms with Crippen LogP contribution in [0.25, 0.3) is 0 Å². The second-order valence-electron chi connectivity index (χ2n) is 8.97. The summed E-state index contributed by atoms with van der Waals surface area (Å²) >= 11 is 0. The zero-order chi connectivity index (χ0) is 21.0. The Morgan fingerprint density at radius 2 is 1.93 bits per heavy atom. The zero-order valence-corrected chi connectivity index (χ0v) is 18.3. The Bertz CT molecular complexity index is 814. The van der Waals surface area contributed by atoms with Crippen LogP contribution in [0.5, 0.6) is 0 Å². The normalized spacial score (nSPS) is 17.5. The summed E-state index contributed by atoms with van der Waals surface area (Å²) in [5, 5.41) is 0. The van der Waals surface area contributed by atoms with Gasteiger partial charge in [0.1, 0.15) is 11.4 Å². The van der Waals surface area contributed by atoms with Crippen molar-refractivity contribution in [2.45, 2.75) is 71.7 Å². The Morgan fingerprint density at radius 3 is 2.59 bits per heavy atom. The zero-order valence-electron chi connectivity index (χ0n) is 18.3. The van der Waals surface area contributed by atoms with Crippen LogP contribution in [0.4, 0.5) is 10.6 Å². The fourth-order valence-electron chi connectivity index (χ4n) is 3.91. The average Bonchev–Trinajstić information content (AvgIpc) is 3.09. The summed E-state index contributed by atoms with van der Waals surface area (Å²) in [6.45, 7) is 11.6. The molecule has 0 spiro atoms. The van der Waals surface area contributed by atoms with Crippen molar-refractivity contribution in [3.63, 3.8) is 0 Å². The molecule has 1 aromatic heterocycles. The summed E-state index contributed by atoms with van der Waals surface area (Å²) in [6.07, 6.45) is 3.61. The van der Waals surface area contributed by atoms with Crippen molar-refractivity contribution < 1.29 is 9.53 Å². The second kappa shape index (κ2) is 8.95. The largest absolute Gasteiger partial charge is 0.443 e. The second-order valence-corrected chi connectivity index (χ2v) is 8.97. The van der Waals surface area contributed by atoms with Crippen LogP contribution in [0.1, 0.15) is 64.6 Å². The molecule has 0 saturated carbocycles. The average molecular weight is 396 g/mol. The Morgan fingerprint density at radius 1 is 1.21 bits per heavy atom. The number of aromatic nitrogens is 1. The van der Waals surface area contributed by atoms with Crippen LogP contribution in [-0.4, -0.2) is 34.2 Å². The number of nitrogens with zero attached hydrogens (tertiary/aromatic N) is 3. The van der Waals surface area contributed by atoms with Crippen LogP contribution in [0, 0.1) is 0 Å². The van der Waals surface area contributed by atoms with Gasteiger partial charge in [0.25, 0.3) is 0 Å². The number of carbonyl (C=O) groups is 1. The maximum absolute atomic E-state index is 13.0. The number of ether oxygens (including phenoxy) is 1. The molecule has 1 aliphatic rings. The fraction of sp³-hybridized carbons (Fsp3) is 0.500. The predicted molar refractivity (Wildman–Crippen MR) is 117 cm³/mol. The first-order valence-corrected chi connectivity index (χ1v) is 10.5. The number of anilines is 1. The van der Waals surface area contributed by atoms with Gasteiger partial charge in [0.05, 0.1) is 0 Å². The van der Waals surface area contributed by atoms with Crippen molar-refractivity contribution in [3.8, 4) is 0 Å². The van der Waals surface area contributed by atoms with Gasteiger partial charge in [-0.05, 0) is 65.6 Å². The SMILES string of the molecule is CC(C)N(C(=O)OC(C)(C)C)c1ncccc1[C@H]1CCCN1Cc1ccccc1. The maximum atomic E-state index is 13.0. The first-order valence-electron chi connectivity index (χ1n) is 10.5. The highest BCUT2D eigenvalue weighted by atomic mass is 16.6. The van der Waals surface area contributed by atoms with E-state index in [1.807, 2.05) is 46.8 Å². The molecule has 2 aromatic rings. The van der Waals surface area contributed by atoms with Crippen molar-refractivity contribution in [3.05, 3.63) is 59.8 Å². The molecule has 3 rings (SSSR count). The van der Waals surface area contributed by atoms with Gasteiger partial charge in [-0.1, -0.05) is 36.4 Å². The summed E-state index contributed by atoms with van der Waals surface area (Å²) < 4.78 is 5.69. The Balaban J connectivity index is 1.91. The topological polar surface area (TPSA) is 45.7 Å². The summed E-state index contributed by atoms with van der Waals surface area (Å²) in [6, 6.07) is 14.8. The molecule has 0 unspecified atom stereocenters. The molecule has 5 heteroatoms. The molecule has 5 nitrogen and oxygen atoms in total. The van der Waals surface area contributed by atoms with E-state index in [-0.39, 0.29) is 18.2 Å². The van der Waals surface area contributed by atoms with E-state index in [4.69, 9.17) is 4.74 Å².